The zero-order chi connectivity index (χ0) is 13.5. The van der Waals surface area contributed by atoms with Gasteiger partial charge in [-0.25, -0.2) is 4.79 Å². The van der Waals surface area contributed by atoms with E-state index in [2.05, 4.69) is 10.6 Å². The lowest BCUT2D eigenvalue weighted by molar-refractivity contribution is -0.119. The van der Waals surface area contributed by atoms with Gasteiger partial charge in [0.25, 0.3) is 0 Å². The first kappa shape index (κ1) is 14.5. The van der Waals surface area contributed by atoms with E-state index < -0.39 is 17.3 Å². The van der Waals surface area contributed by atoms with Gasteiger partial charge < -0.3 is 10.1 Å². The number of nitrogens with one attached hydrogen (secondary N) is 2. The molecule has 0 aromatic heterocycles. The number of anilines is 1. The van der Waals surface area contributed by atoms with Crippen molar-refractivity contribution in [1.29, 1.82) is 0 Å². The van der Waals surface area contributed by atoms with Gasteiger partial charge in [0.1, 0.15) is 5.38 Å². The minimum absolute atomic E-state index is 0.509. The van der Waals surface area contributed by atoms with Crippen LogP contribution in [0.5, 0.6) is 0 Å². The summed E-state index contributed by atoms with van der Waals surface area (Å²) in [7, 11) is 1.61. The maximum absolute atomic E-state index is 11.4. The van der Waals surface area contributed by atoms with Crippen LogP contribution < -0.4 is 10.6 Å². The van der Waals surface area contributed by atoms with Crippen molar-refractivity contribution in [1.82, 2.24) is 5.32 Å². The molecule has 18 heavy (non-hydrogen) atoms. The predicted octanol–water partition coefficient (Wildman–Crippen LogP) is 2.11. The highest BCUT2D eigenvalue weighted by molar-refractivity contribution is 6.31. The first-order valence-electron chi connectivity index (χ1n) is 5.36. The average Bonchev–Trinajstić information content (AvgIpc) is 2.31. The van der Waals surface area contributed by atoms with Crippen molar-refractivity contribution in [3.8, 4) is 0 Å². The number of amides is 3. The zero-order valence-electron chi connectivity index (χ0n) is 10.2. The molecule has 0 saturated heterocycles. The molecule has 0 fully saturated rings. The maximum Gasteiger partial charge on any atom is 0.325 e. The largest absolute Gasteiger partial charge is 0.380 e. The average molecular weight is 271 g/mol. The van der Waals surface area contributed by atoms with E-state index >= 15 is 0 Å². The Kier molecular flexibility index (Phi) is 5.61. The third kappa shape index (κ3) is 4.73. The molecule has 0 radical (unpaired) electrons. The molecule has 0 bridgehead atoms. The highest BCUT2D eigenvalue weighted by Crippen LogP contribution is 2.10. The Morgan fingerprint density at radius 3 is 2.44 bits per heavy atom. The third-order valence-electron chi connectivity index (χ3n) is 2.12. The van der Waals surface area contributed by atoms with E-state index in [0.717, 1.165) is 5.56 Å². The van der Waals surface area contributed by atoms with Gasteiger partial charge in [-0.2, -0.15) is 0 Å². The Hall–Kier alpha value is -1.59. The van der Waals surface area contributed by atoms with Crippen molar-refractivity contribution >= 4 is 29.2 Å². The molecule has 0 aliphatic carbocycles. The van der Waals surface area contributed by atoms with E-state index in [9.17, 15) is 9.59 Å². The smallest absolute Gasteiger partial charge is 0.325 e. The Morgan fingerprint density at radius 1 is 1.33 bits per heavy atom. The van der Waals surface area contributed by atoms with Crippen molar-refractivity contribution in [2.45, 2.75) is 18.9 Å². The molecule has 0 spiro atoms. The second kappa shape index (κ2) is 6.98. The van der Waals surface area contributed by atoms with Crippen LogP contribution >= 0.6 is 11.6 Å². The van der Waals surface area contributed by atoms with E-state index in [-0.39, 0.29) is 0 Å². The first-order valence-corrected chi connectivity index (χ1v) is 5.80. The summed E-state index contributed by atoms with van der Waals surface area (Å²) in [6.07, 6.45) is 0. The molecule has 1 unspecified atom stereocenters. The number of hydrogen-bond acceptors (Lipinski definition) is 3. The number of benzene rings is 1. The van der Waals surface area contributed by atoms with Gasteiger partial charge in [0.2, 0.25) is 5.91 Å². The number of methoxy groups -OCH3 is 1. The molecule has 0 heterocycles. The van der Waals surface area contributed by atoms with E-state index in [1.54, 1.807) is 19.2 Å². The van der Waals surface area contributed by atoms with Gasteiger partial charge in [-0.05, 0) is 24.6 Å². The molecular formula is C12H15ClN2O3. The Bertz CT molecular complexity index is 418. The molecule has 1 aromatic rings. The fourth-order valence-electron chi connectivity index (χ4n) is 1.22. The number of carbonyl (C=O) groups excluding carboxylic acids is 2. The number of carbonyl (C=O) groups is 2. The van der Waals surface area contributed by atoms with E-state index in [1.165, 1.54) is 6.92 Å². The molecule has 0 aliphatic rings. The van der Waals surface area contributed by atoms with Crippen LogP contribution in [0.15, 0.2) is 24.3 Å². The quantitative estimate of drug-likeness (QED) is 0.824. The molecule has 3 amide bonds. The van der Waals surface area contributed by atoms with Crippen molar-refractivity contribution in [2.24, 2.45) is 0 Å². The van der Waals surface area contributed by atoms with Crippen LogP contribution in [0.25, 0.3) is 0 Å². The first-order chi connectivity index (χ1) is 8.52. The van der Waals surface area contributed by atoms with Gasteiger partial charge >= 0.3 is 6.03 Å². The van der Waals surface area contributed by atoms with Gasteiger partial charge in [-0.1, -0.05) is 12.1 Å². The molecule has 5 nitrogen and oxygen atoms in total. The number of hydrogen-bond donors (Lipinski definition) is 2. The summed E-state index contributed by atoms with van der Waals surface area (Å²) < 4.78 is 4.97. The van der Waals surface area contributed by atoms with Crippen LogP contribution in [0.2, 0.25) is 0 Å². The standard InChI is InChI=1S/C12H15ClN2O3/c1-8(13)11(16)15-12(17)14-10-5-3-9(4-6-10)7-18-2/h3-6,8H,7H2,1-2H3,(H2,14,15,16,17). The Balaban J connectivity index is 2.51. The lowest BCUT2D eigenvalue weighted by atomic mass is 10.2. The number of halogens is 1. The monoisotopic (exact) mass is 270 g/mol. The highest BCUT2D eigenvalue weighted by atomic mass is 35.5. The SMILES string of the molecule is COCc1ccc(NC(=O)NC(=O)C(C)Cl)cc1. The fourth-order valence-corrected chi connectivity index (χ4v) is 1.28. The lowest BCUT2D eigenvalue weighted by Crippen LogP contribution is -2.38. The van der Waals surface area contributed by atoms with Gasteiger partial charge in [-0.15, -0.1) is 11.6 Å². The minimum Gasteiger partial charge on any atom is -0.380 e. The van der Waals surface area contributed by atoms with Crippen LogP contribution in [-0.2, 0) is 16.1 Å². The summed E-state index contributed by atoms with van der Waals surface area (Å²) in [6.45, 7) is 2.00. The summed E-state index contributed by atoms with van der Waals surface area (Å²) in [6, 6.07) is 6.49. The second-order valence-corrected chi connectivity index (χ2v) is 4.34. The Labute approximate surface area is 110 Å². The third-order valence-corrected chi connectivity index (χ3v) is 2.32. The zero-order valence-corrected chi connectivity index (χ0v) is 11.0. The van der Waals surface area contributed by atoms with Crippen LogP contribution in [0.3, 0.4) is 0 Å². The molecule has 1 aromatic carbocycles. The fraction of sp³-hybridized carbons (Fsp3) is 0.333. The van der Waals surface area contributed by atoms with Crippen LogP contribution in [0.1, 0.15) is 12.5 Å². The Morgan fingerprint density at radius 2 is 1.94 bits per heavy atom. The molecule has 0 saturated carbocycles. The summed E-state index contributed by atoms with van der Waals surface area (Å²) in [5.74, 6) is -0.537. The molecular weight excluding hydrogens is 256 g/mol. The molecule has 98 valence electrons. The molecule has 2 N–H and O–H groups in total. The number of urea groups is 1. The normalized spacial score (nSPS) is 11.7. The summed E-state index contributed by atoms with van der Waals surface area (Å²) in [5, 5.41) is 3.90. The maximum atomic E-state index is 11.4. The van der Waals surface area contributed by atoms with Crippen LogP contribution in [-0.4, -0.2) is 24.4 Å². The van der Waals surface area contributed by atoms with Crippen LogP contribution in [0, 0.1) is 0 Å². The second-order valence-electron chi connectivity index (χ2n) is 3.69. The number of imide groups is 1. The van der Waals surface area contributed by atoms with Gasteiger partial charge in [0.15, 0.2) is 0 Å². The predicted molar refractivity (Wildman–Crippen MR) is 69.6 cm³/mol. The number of ether oxygens (including phenoxy) is 1. The summed E-state index contributed by atoms with van der Waals surface area (Å²) in [4.78, 5) is 22.6. The van der Waals surface area contributed by atoms with Crippen molar-refractivity contribution < 1.29 is 14.3 Å². The van der Waals surface area contributed by atoms with Gasteiger partial charge in [-0.3, -0.25) is 10.1 Å². The minimum atomic E-state index is -0.750. The number of rotatable bonds is 4. The highest BCUT2D eigenvalue weighted by Gasteiger charge is 2.12. The number of alkyl halides is 1. The van der Waals surface area contributed by atoms with E-state index in [1.807, 2.05) is 12.1 Å². The molecule has 6 heteroatoms. The van der Waals surface area contributed by atoms with E-state index in [4.69, 9.17) is 16.3 Å². The van der Waals surface area contributed by atoms with Gasteiger partial charge in [0.05, 0.1) is 6.61 Å². The van der Waals surface area contributed by atoms with Crippen LogP contribution in [0.4, 0.5) is 10.5 Å². The summed E-state index contributed by atoms with van der Waals surface area (Å²) in [5.41, 5.74) is 1.58. The molecule has 1 rings (SSSR count). The topological polar surface area (TPSA) is 67.4 Å². The van der Waals surface area contributed by atoms with Crippen molar-refractivity contribution in [3.05, 3.63) is 29.8 Å². The molecule has 1 atom stereocenters. The lowest BCUT2D eigenvalue weighted by Gasteiger charge is -2.08. The van der Waals surface area contributed by atoms with E-state index in [0.29, 0.717) is 12.3 Å². The van der Waals surface area contributed by atoms with Gasteiger partial charge in [0, 0.05) is 12.8 Å². The van der Waals surface area contributed by atoms with Crippen molar-refractivity contribution in [3.63, 3.8) is 0 Å². The van der Waals surface area contributed by atoms with Crippen molar-refractivity contribution in [2.75, 3.05) is 12.4 Å². The summed E-state index contributed by atoms with van der Waals surface area (Å²) >= 11 is 5.52. The molecule has 0 aliphatic heterocycles.